The van der Waals surface area contributed by atoms with E-state index in [1.165, 1.54) is 33.7 Å². The molecule has 9 nitrogen and oxygen atoms in total. The Morgan fingerprint density at radius 2 is 1.27 bits per heavy atom. The standard InChI is InChI=1S/C17H23N3O6/c1-18(8-10-25-12-4-6-19(2)16(23)14(12)21)9-11-26-13-5-7-20(3)17(24)15(13)22/h4-7,21-22H,8-11H2,1-3H3. The molecule has 0 unspecified atom stereocenters. The van der Waals surface area contributed by atoms with Crippen LogP contribution in [0.25, 0.3) is 0 Å². The van der Waals surface area contributed by atoms with Crippen molar-refractivity contribution in [3.63, 3.8) is 0 Å². The summed E-state index contributed by atoms with van der Waals surface area (Å²) in [5.74, 6) is -0.546. The quantitative estimate of drug-likeness (QED) is 0.672. The molecule has 0 aliphatic heterocycles. The molecule has 0 aliphatic carbocycles. The molecular weight excluding hydrogens is 342 g/mol. The number of ether oxygens (including phenoxy) is 2. The summed E-state index contributed by atoms with van der Waals surface area (Å²) in [4.78, 5) is 25.1. The minimum atomic E-state index is -0.516. The minimum Gasteiger partial charge on any atom is -0.500 e. The van der Waals surface area contributed by atoms with E-state index in [4.69, 9.17) is 9.47 Å². The minimum absolute atomic E-state index is 0.141. The number of rotatable bonds is 8. The van der Waals surface area contributed by atoms with Crippen LogP contribution in [0.5, 0.6) is 23.0 Å². The average Bonchev–Trinajstić information content (AvgIpc) is 2.61. The molecule has 26 heavy (non-hydrogen) atoms. The van der Waals surface area contributed by atoms with Gasteiger partial charge in [0.1, 0.15) is 13.2 Å². The van der Waals surface area contributed by atoms with Crippen LogP contribution in [0.4, 0.5) is 0 Å². The summed E-state index contributed by atoms with van der Waals surface area (Å²) in [6, 6.07) is 3.05. The maximum absolute atomic E-state index is 11.6. The van der Waals surface area contributed by atoms with Gasteiger partial charge in [0, 0.05) is 51.7 Å². The second kappa shape index (κ2) is 8.43. The maximum Gasteiger partial charge on any atom is 0.296 e. The molecule has 0 spiro atoms. The summed E-state index contributed by atoms with van der Waals surface area (Å²) in [6.07, 6.45) is 3.04. The molecule has 0 atom stereocenters. The van der Waals surface area contributed by atoms with Gasteiger partial charge in [-0.05, 0) is 7.05 Å². The first-order valence-corrected chi connectivity index (χ1v) is 8.02. The van der Waals surface area contributed by atoms with Crippen molar-refractivity contribution >= 4 is 0 Å². The van der Waals surface area contributed by atoms with Gasteiger partial charge in [0.15, 0.2) is 11.5 Å². The molecule has 0 saturated heterocycles. The van der Waals surface area contributed by atoms with Gasteiger partial charge in [-0.1, -0.05) is 0 Å². The second-order valence-corrected chi connectivity index (χ2v) is 5.89. The predicted molar refractivity (Wildman–Crippen MR) is 95.2 cm³/mol. The maximum atomic E-state index is 11.6. The molecule has 2 rings (SSSR count). The van der Waals surface area contributed by atoms with Crippen molar-refractivity contribution in [1.29, 1.82) is 0 Å². The summed E-state index contributed by atoms with van der Waals surface area (Å²) in [5, 5.41) is 19.5. The van der Waals surface area contributed by atoms with Crippen LogP contribution < -0.4 is 20.6 Å². The van der Waals surface area contributed by atoms with Crippen LogP contribution >= 0.6 is 0 Å². The monoisotopic (exact) mass is 365 g/mol. The molecule has 2 aromatic rings. The summed E-state index contributed by atoms with van der Waals surface area (Å²) in [5.41, 5.74) is -1.03. The van der Waals surface area contributed by atoms with Gasteiger partial charge >= 0.3 is 0 Å². The number of aromatic hydroxyl groups is 2. The van der Waals surface area contributed by atoms with Crippen LogP contribution in [0.1, 0.15) is 0 Å². The molecule has 0 aromatic carbocycles. The number of aryl methyl sites for hydroxylation is 2. The SMILES string of the molecule is CN(CCOc1ccn(C)c(=O)c1O)CCOc1ccn(C)c(=O)c1O. The van der Waals surface area contributed by atoms with E-state index in [1.807, 2.05) is 11.9 Å². The Labute approximate surface area is 150 Å². The normalized spacial score (nSPS) is 10.9. The lowest BCUT2D eigenvalue weighted by atomic mass is 10.4. The molecule has 142 valence electrons. The highest BCUT2D eigenvalue weighted by molar-refractivity contribution is 5.36. The molecule has 0 radical (unpaired) electrons. The Bertz CT molecular complexity index is 802. The zero-order valence-corrected chi connectivity index (χ0v) is 15.0. The van der Waals surface area contributed by atoms with E-state index >= 15 is 0 Å². The van der Waals surface area contributed by atoms with Gasteiger partial charge < -0.3 is 28.8 Å². The van der Waals surface area contributed by atoms with Crippen molar-refractivity contribution in [1.82, 2.24) is 14.0 Å². The first-order valence-electron chi connectivity index (χ1n) is 8.02. The highest BCUT2D eigenvalue weighted by Crippen LogP contribution is 2.20. The van der Waals surface area contributed by atoms with Crippen molar-refractivity contribution in [2.75, 3.05) is 33.4 Å². The number of nitrogens with zero attached hydrogens (tertiary/aromatic N) is 3. The lowest BCUT2D eigenvalue weighted by molar-refractivity contribution is 0.196. The van der Waals surface area contributed by atoms with E-state index in [-0.39, 0.29) is 24.7 Å². The fraction of sp³-hybridized carbons (Fsp3) is 0.412. The molecule has 0 saturated carbocycles. The molecule has 2 N–H and O–H groups in total. The smallest absolute Gasteiger partial charge is 0.296 e. The zero-order valence-electron chi connectivity index (χ0n) is 15.0. The van der Waals surface area contributed by atoms with Crippen LogP contribution in [0.3, 0.4) is 0 Å². The summed E-state index contributed by atoms with van der Waals surface area (Å²) < 4.78 is 13.4. The van der Waals surface area contributed by atoms with Crippen molar-refractivity contribution in [2.24, 2.45) is 14.1 Å². The molecular formula is C17H23N3O6. The number of hydrogen-bond donors (Lipinski definition) is 2. The highest BCUT2D eigenvalue weighted by atomic mass is 16.5. The van der Waals surface area contributed by atoms with Gasteiger partial charge in [0.25, 0.3) is 11.1 Å². The number of hydrogen-bond acceptors (Lipinski definition) is 7. The fourth-order valence-corrected chi connectivity index (χ4v) is 2.16. The van der Waals surface area contributed by atoms with Gasteiger partial charge in [0.2, 0.25) is 11.5 Å². The van der Waals surface area contributed by atoms with Crippen molar-refractivity contribution in [3.8, 4) is 23.0 Å². The molecule has 0 amide bonds. The van der Waals surface area contributed by atoms with Crippen LogP contribution in [0.15, 0.2) is 34.1 Å². The number of likely N-dealkylation sites (N-methyl/N-ethyl adjacent to an activating group) is 1. The van der Waals surface area contributed by atoms with E-state index in [2.05, 4.69) is 0 Å². The summed E-state index contributed by atoms with van der Waals surface area (Å²) in [6.45, 7) is 1.60. The Hall–Kier alpha value is -2.94. The number of aromatic nitrogens is 2. The summed E-state index contributed by atoms with van der Waals surface area (Å²) in [7, 11) is 4.93. The largest absolute Gasteiger partial charge is 0.500 e. The Morgan fingerprint density at radius 3 is 1.65 bits per heavy atom. The molecule has 2 heterocycles. The van der Waals surface area contributed by atoms with Crippen molar-refractivity contribution in [3.05, 3.63) is 45.2 Å². The van der Waals surface area contributed by atoms with Crippen molar-refractivity contribution < 1.29 is 19.7 Å². The molecule has 0 aliphatic rings. The lowest BCUT2D eigenvalue weighted by Crippen LogP contribution is -2.29. The Morgan fingerprint density at radius 1 is 0.885 bits per heavy atom. The van der Waals surface area contributed by atoms with Gasteiger partial charge in [-0.25, -0.2) is 0 Å². The molecule has 9 heteroatoms. The number of pyridine rings is 2. The van der Waals surface area contributed by atoms with Crippen LogP contribution in [0.2, 0.25) is 0 Å². The van der Waals surface area contributed by atoms with Gasteiger partial charge in [-0.3, -0.25) is 14.5 Å². The van der Waals surface area contributed by atoms with E-state index in [0.717, 1.165) is 0 Å². The predicted octanol–water partition coefficient (Wildman–Crippen LogP) is -0.115. The van der Waals surface area contributed by atoms with Gasteiger partial charge in [-0.15, -0.1) is 0 Å². The highest BCUT2D eigenvalue weighted by Gasteiger charge is 2.10. The average molecular weight is 365 g/mol. The van der Waals surface area contributed by atoms with Crippen LogP contribution in [-0.2, 0) is 14.1 Å². The summed E-state index contributed by atoms with van der Waals surface area (Å²) >= 11 is 0. The van der Waals surface area contributed by atoms with E-state index in [9.17, 15) is 19.8 Å². The van der Waals surface area contributed by atoms with E-state index in [1.54, 1.807) is 14.1 Å². The topological polar surface area (TPSA) is 106 Å². The second-order valence-electron chi connectivity index (χ2n) is 5.89. The lowest BCUT2D eigenvalue weighted by Gasteiger charge is -2.18. The van der Waals surface area contributed by atoms with Crippen molar-refractivity contribution in [2.45, 2.75) is 0 Å². The third-order valence-electron chi connectivity index (χ3n) is 3.87. The third kappa shape index (κ3) is 4.57. The van der Waals surface area contributed by atoms with Crippen LogP contribution in [-0.4, -0.2) is 57.6 Å². The first-order chi connectivity index (χ1) is 12.3. The van der Waals surface area contributed by atoms with E-state index < -0.39 is 22.6 Å². The van der Waals surface area contributed by atoms with E-state index in [0.29, 0.717) is 13.1 Å². The first kappa shape index (κ1) is 19.4. The van der Waals surface area contributed by atoms with Gasteiger partial charge in [0.05, 0.1) is 0 Å². The third-order valence-corrected chi connectivity index (χ3v) is 3.87. The Kier molecular flexibility index (Phi) is 6.29. The zero-order chi connectivity index (χ0) is 19.3. The Balaban J connectivity index is 1.77. The van der Waals surface area contributed by atoms with Gasteiger partial charge in [-0.2, -0.15) is 0 Å². The fourth-order valence-electron chi connectivity index (χ4n) is 2.16. The van der Waals surface area contributed by atoms with Crippen LogP contribution in [0, 0.1) is 0 Å². The molecule has 0 bridgehead atoms. The molecule has 0 fully saturated rings. The molecule has 2 aromatic heterocycles.